The van der Waals surface area contributed by atoms with Gasteiger partial charge < -0.3 is 9.47 Å². The molecule has 2 atom stereocenters. The Kier molecular flexibility index (Phi) is 3.88. The zero-order valence-corrected chi connectivity index (χ0v) is 14.5. The number of methoxy groups -OCH3 is 2. The van der Waals surface area contributed by atoms with E-state index in [2.05, 4.69) is 27.0 Å². The third-order valence-corrected chi connectivity index (χ3v) is 5.23. The second-order valence-electron chi connectivity index (χ2n) is 6.66. The van der Waals surface area contributed by atoms with Gasteiger partial charge in [0.1, 0.15) is 17.3 Å². The summed E-state index contributed by atoms with van der Waals surface area (Å²) in [6.07, 6.45) is 5.46. The second kappa shape index (κ2) is 6.06. The summed E-state index contributed by atoms with van der Waals surface area (Å²) in [7, 11) is 3.39. The van der Waals surface area contributed by atoms with Crippen LogP contribution in [0.15, 0.2) is 24.4 Å². The van der Waals surface area contributed by atoms with E-state index >= 15 is 0 Å². The molecule has 5 heteroatoms. The van der Waals surface area contributed by atoms with Gasteiger partial charge in [0.05, 0.1) is 19.9 Å². The predicted octanol–water partition coefficient (Wildman–Crippen LogP) is 3.06. The van der Waals surface area contributed by atoms with Crippen LogP contribution < -0.4 is 9.47 Å². The summed E-state index contributed by atoms with van der Waals surface area (Å²) in [6.45, 7) is 2.87. The van der Waals surface area contributed by atoms with Crippen LogP contribution >= 0.6 is 0 Å². The zero-order chi connectivity index (χ0) is 16.7. The summed E-state index contributed by atoms with van der Waals surface area (Å²) in [5.41, 5.74) is 3.78. The molecule has 0 saturated carbocycles. The van der Waals surface area contributed by atoms with E-state index in [0.29, 0.717) is 12.1 Å². The summed E-state index contributed by atoms with van der Waals surface area (Å²) < 4.78 is 10.8. The van der Waals surface area contributed by atoms with Gasteiger partial charge in [-0.15, -0.1) is 0 Å². The lowest BCUT2D eigenvalue weighted by Crippen LogP contribution is -2.37. The molecule has 0 N–H and O–H groups in total. The Morgan fingerprint density at radius 1 is 1.12 bits per heavy atom. The van der Waals surface area contributed by atoms with Crippen LogP contribution in [-0.4, -0.2) is 35.1 Å². The maximum atomic E-state index is 5.41. The Balaban J connectivity index is 1.63. The fourth-order valence-electron chi connectivity index (χ4n) is 4.09. The molecule has 2 aromatic rings. The molecule has 2 aliphatic rings. The van der Waals surface area contributed by atoms with Crippen molar-refractivity contribution < 1.29 is 9.47 Å². The highest BCUT2D eigenvalue weighted by atomic mass is 16.5. The number of aromatic nitrogens is 2. The minimum atomic E-state index is 0.427. The van der Waals surface area contributed by atoms with Gasteiger partial charge in [-0.2, -0.15) is 0 Å². The van der Waals surface area contributed by atoms with Crippen molar-refractivity contribution in [3.05, 3.63) is 47.0 Å². The van der Waals surface area contributed by atoms with Crippen molar-refractivity contribution >= 4 is 0 Å². The van der Waals surface area contributed by atoms with E-state index in [-0.39, 0.29) is 0 Å². The standard InChI is InChI=1S/C19H23N3O2/c1-12-20-10-17-18(21-12)8-14-4-5-19(17)22(14)11-13-6-15(23-2)9-16(7-13)24-3/h6-7,9-10,14,19H,4-5,8,11H2,1-3H3/t14-,19+/m1/s1. The summed E-state index contributed by atoms with van der Waals surface area (Å²) in [6, 6.07) is 7.11. The van der Waals surface area contributed by atoms with Gasteiger partial charge >= 0.3 is 0 Å². The minimum Gasteiger partial charge on any atom is -0.497 e. The van der Waals surface area contributed by atoms with E-state index in [1.807, 2.05) is 19.2 Å². The molecule has 0 amide bonds. The lowest BCUT2D eigenvalue weighted by Gasteiger charge is -2.35. The van der Waals surface area contributed by atoms with Crippen molar-refractivity contribution in [3.63, 3.8) is 0 Å². The predicted molar refractivity (Wildman–Crippen MR) is 91.3 cm³/mol. The molecule has 1 fully saturated rings. The largest absolute Gasteiger partial charge is 0.497 e. The molecule has 0 radical (unpaired) electrons. The van der Waals surface area contributed by atoms with Crippen molar-refractivity contribution in [2.75, 3.05) is 14.2 Å². The van der Waals surface area contributed by atoms with Crippen LogP contribution in [0.3, 0.4) is 0 Å². The number of nitrogens with zero attached hydrogens (tertiary/aromatic N) is 3. The van der Waals surface area contributed by atoms with Gasteiger partial charge in [0, 0.05) is 42.9 Å². The number of rotatable bonds is 4. The lowest BCUT2D eigenvalue weighted by atomic mass is 9.98. The van der Waals surface area contributed by atoms with Gasteiger partial charge in [0.15, 0.2) is 0 Å². The molecule has 0 spiro atoms. The zero-order valence-electron chi connectivity index (χ0n) is 14.5. The van der Waals surface area contributed by atoms with E-state index in [4.69, 9.17) is 9.47 Å². The van der Waals surface area contributed by atoms with Crippen molar-refractivity contribution in [2.45, 2.75) is 44.8 Å². The summed E-state index contributed by atoms with van der Waals surface area (Å²) in [5.74, 6) is 2.56. The van der Waals surface area contributed by atoms with Crippen molar-refractivity contribution in [1.29, 1.82) is 0 Å². The molecule has 1 aromatic heterocycles. The molecule has 2 aliphatic heterocycles. The molecule has 3 heterocycles. The van der Waals surface area contributed by atoms with Crippen LogP contribution in [0.25, 0.3) is 0 Å². The van der Waals surface area contributed by atoms with Crippen LogP contribution in [0.5, 0.6) is 11.5 Å². The summed E-state index contributed by atoms with van der Waals surface area (Å²) >= 11 is 0. The molecule has 0 aliphatic carbocycles. The Labute approximate surface area is 142 Å². The first-order valence-electron chi connectivity index (χ1n) is 8.48. The third-order valence-electron chi connectivity index (χ3n) is 5.23. The van der Waals surface area contributed by atoms with Crippen molar-refractivity contribution in [3.8, 4) is 11.5 Å². The quantitative estimate of drug-likeness (QED) is 0.864. The van der Waals surface area contributed by atoms with Gasteiger partial charge in [0.25, 0.3) is 0 Å². The summed E-state index contributed by atoms with van der Waals surface area (Å²) in [4.78, 5) is 11.7. The van der Waals surface area contributed by atoms with Gasteiger partial charge in [-0.05, 0) is 37.5 Å². The first-order chi connectivity index (χ1) is 11.7. The van der Waals surface area contributed by atoms with E-state index in [1.54, 1.807) is 14.2 Å². The smallest absolute Gasteiger partial charge is 0.125 e. The fraction of sp³-hybridized carbons (Fsp3) is 0.474. The Hall–Kier alpha value is -2.14. The van der Waals surface area contributed by atoms with Gasteiger partial charge in [-0.25, -0.2) is 9.97 Å². The number of fused-ring (bicyclic) bond motifs is 4. The average Bonchev–Trinajstić information content (AvgIpc) is 2.87. The highest BCUT2D eigenvalue weighted by Gasteiger charge is 2.40. The summed E-state index contributed by atoms with van der Waals surface area (Å²) in [5, 5.41) is 0. The topological polar surface area (TPSA) is 47.5 Å². The van der Waals surface area contributed by atoms with Crippen molar-refractivity contribution in [1.82, 2.24) is 14.9 Å². The van der Waals surface area contributed by atoms with Gasteiger partial charge in [-0.1, -0.05) is 0 Å². The molecule has 1 saturated heterocycles. The normalized spacial score (nSPS) is 22.3. The molecular weight excluding hydrogens is 302 g/mol. The number of aryl methyl sites for hydroxylation is 1. The number of hydrogen-bond donors (Lipinski definition) is 0. The maximum absolute atomic E-state index is 5.41. The van der Waals surface area contributed by atoms with Crippen LogP contribution in [0.2, 0.25) is 0 Å². The highest BCUT2D eigenvalue weighted by Crippen LogP contribution is 2.44. The van der Waals surface area contributed by atoms with E-state index in [0.717, 1.165) is 30.3 Å². The number of ether oxygens (including phenoxy) is 2. The number of hydrogen-bond acceptors (Lipinski definition) is 5. The second-order valence-corrected chi connectivity index (χ2v) is 6.66. The van der Waals surface area contributed by atoms with Gasteiger partial charge in [-0.3, -0.25) is 4.90 Å². The monoisotopic (exact) mass is 325 g/mol. The van der Waals surface area contributed by atoms with E-state index < -0.39 is 0 Å². The average molecular weight is 325 g/mol. The third kappa shape index (κ3) is 2.63. The molecule has 1 aromatic carbocycles. The van der Waals surface area contributed by atoms with Crippen LogP contribution in [0, 0.1) is 6.92 Å². The van der Waals surface area contributed by atoms with Crippen LogP contribution in [-0.2, 0) is 13.0 Å². The Bertz CT molecular complexity index is 740. The highest BCUT2D eigenvalue weighted by molar-refractivity contribution is 5.39. The SMILES string of the molecule is COc1cc(CN2[C@@H]3CC[C@H]2c2cnc(C)nc2C3)cc(OC)c1. The first-order valence-corrected chi connectivity index (χ1v) is 8.48. The van der Waals surface area contributed by atoms with Crippen LogP contribution in [0.1, 0.15) is 41.5 Å². The Morgan fingerprint density at radius 2 is 1.88 bits per heavy atom. The van der Waals surface area contributed by atoms with Gasteiger partial charge in [0.2, 0.25) is 0 Å². The minimum absolute atomic E-state index is 0.427. The molecular formula is C19H23N3O2. The molecule has 24 heavy (non-hydrogen) atoms. The van der Waals surface area contributed by atoms with Crippen LogP contribution in [0.4, 0.5) is 0 Å². The molecule has 2 bridgehead atoms. The maximum Gasteiger partial charge on any atom is 0.125 e. The molecule has 4 rings (SSSR count). The molecule has 126 valence electrons. The molecule has 5 nitrogen and oxygen atoms in total. The fourth-order valence-corrected chi connectivity index (χ4v) is 4.09. The van der Waals surface area contributed by atoms with Crippen molar-refractivity contribution in [2.24, 2.45) is 0 Å². The van der Waals surface area contributed by atoms with E-state index in [9.17, 15) is 0 Å². The Morgan fingerprint density at radius 3 is 2.58 bits per heavy atom. The molecule has 0 unspecified atom stereocenters. The number of benzene rings is 1. The first kappa shape index (κ1) is 15.4. The lowest BCUT2D eigenvalue weighted by molar-refractivity contribution is 0.165. The van der Waals surface area contributed by atoms with E-state index in [1.165, 1.54) is 29.7 Å².